The largest absolute Gasteiger partial charge is 0.373 e. The van der Waals surface area contributed by atoms with Crippen molar-refractivity contribution in [1.82, 2.24) is 15.1 Å². The van der Waals surface area contributed by atoms with Crippen LogP contribution in [0.2, 0.25) is 0 Å². The van der Waals surface area contributed by atoms with Crippen molar-refractivity contribution in [1.29, 1.82) is 0 Å². The fourth-order valence-corrected chi connectivity index (χ4v) is 2.32. The predicted molar refractivity (Wildman–Crippen MR) is 68.0 cm³/mol. The Hall–Kier alpha value is -0.870. The Bertz CT molecular complexity index is 348. The smallest absolute Gasteiger partial charge is 0.0896 e. The van der Waals surface area contributed by atoms with Crippen LogP contribution in [0, 0.1) is 5.92 Å². The van der Waals surface area contributed by atoms with Gasteiger partial charge in [0.2, 0.25) is 0 Å². The van der Waals surface area contributed by atoms with E-state index < -0.39 is 0 Å². The van der Waals surface area contributed by atoms with Gasteiger partial charge in [-0.1, -0.05) is 6.92 Å². The molecule has 0 spiro atoms. The maximum absolute atomic E-state index is 5.85. The minimum absolute atomic E-state index is 0.224. The maximum Gasteiger partial charge on any atom is 0.0896 e. The lowest BCUT2D eigenvalue weighted by Crippen LogP contribution is -2.24. The molecular weight excluding hydrogens is 214 g/mol. The van der Waals surface area contributed by atoms with E-state index in [1.54, 1.807) is 0 Å². The SMILES string of the molecule is CCNCC1CCOC1c1cnn(C(C)C)c1. The highest BCUT2D eigenvalue weighted by Gasteiger charge is 2.30. The standard InChI is InChI=1S/C13H23N3O/c1-4-14-7-11-5-6-17-13(11)12-8-15-16(9-12)10(2)3/h8-11,13-14H,4-7H2,1-3H3. The van der Waals surface area contributed by atoms with Gasteiger partial charge >= 0.3 is 0 Å². The zero-order valence-corrected chi connectivity index (χ0v) is 11.0. The summed E-state index contributed by atoms with van der Waals surface area (Å²) in [4.78, 5) is 0. The van der Waals surface area contributed by atoms with Gasteiger partial charge in [0.15, 0.2) is 0 Å². The van der Waals surface area contributed by atoms with E-state index in [0.29, 0.717) is 12.0 Å². The summed E-state index contributed by atoms with van der Waals surface area (Å²) in [5.41, 5.74) is 1.22. The van der Waals surface area contributed by atoms with Gasteiger partial charge in [-0.15, -0.1) is 0 Å². The molecule has 0 amide bonds. The minimum Gasteiger partial charge on any atom is -0.373 e. The number of ether oxygens (including phenoxy) is 1. The van der Waals surface area contributed by atoms with Gasteiger partial charge in [0, 0.05) is 36.9 Å². The first-order valence-electron chi connectivity index (χ1n) is 6.58. The Morgan fingerprint density at radius 3 is 3.06 bits per heavy atom. The lowest BCUT2D eigenvalue weighted by Gasteiger charge is -2.17. The first-order chi connectivity index (χ1) is 8.22. The second kappa shape index (κ2) is 5.65. The molecule has 1 fully saturated rings. The van der Waals surface area contributed by atoms with Crippen LogP contribution in [0.15, 0.2) is 12.4 Å². The molecule has 0 aliphatic carbocycles. The molecule has 4 heteroatoms. The second-order valence-corrected chi connectivity index (χ2v) is 5.00. The molecule has 0 radical (unpaired) electrons. The molecule has 4 nitrogen and oxygen atoms in total. The zero-order valence-electron chi connectivity index (χ0n) is 11.0. The molecule has 1 aromatic heterocycles. The number of hydrogen-bond donors (Lipinski definition) is 1. The van der Waals surface area contributed by atoms with Crippen LogP contribution in [0.5, 0.6) is 0 Å². The van der Waals surface area contributed by atoms with Gasteiger partial charge in [-0.25, -0.2) is 0 Å². The molecule has 1 saturated heterocycles. The van der Waals surface area contributed by atoms with Gasteiger partial charge < -0.3 is 10.1 Å². The third kappa shape index (κ3) is 2.87. The average molecular weight is 237 g/mol. The van der Waals surface area contributed by atoms with E-state index in [4.69, 9.17) is 4.74 Å². The topological polar surface area (TPSA) is 39.1 Å². The summed E-state index contributed by atoms with van der Waals surface area (Å²) < 4.78 is 7.85. The van der Waals surface area contributed by atoms with Gasteiger partial charge in [0.25, 0.3) is 0 Å². The molecule has 0 saturated carbocycles. The van der Waals surface area contributed by atoms with Crippen LogP contribution in [0.25, 0.3) is 0 Å². The van der Waals surface area contributed by atoms with Gasteiger partial charge in [0.1, 0.15) is 0 Å². The lowest BCUT2D eigenvalue weighted by molar-refractivity contribution is 0.0905. The van der Waals surface area contributed by atoms with Crippen LogP contribution in [0.4, 0.5) is 0 Å². The average Bonchev–Trinajstić information content (AvgIpc) is 2.94. The van der Waals surface area contributed by atoms with Crippen molar-refractivity contribution >= 4 is 0 Å². The van der Waals surface area contributed by atoms with Crippen molar-refractivity contribution in [2.45, 2.75) is 39.3 Å². The van der Waals surface area contributed by atoms with Crippen LogP contribution >= 0.6 is 0 Å². The van der Waals surface area contributed by atoms with Gasteiger partial charge in [-0.05, 0) is 26.8 Å². The Balaban J connectivity index is 2.03. The van der Waals surface area contributed by atoms with Crippen molar-refractivity contribution in [3.8, 4) is 0 Å². The molecule has 1 aliphatic heterocycles. The summed E-state index contributed by atoms with van der Waals surface area (Å²) >= 11 is 0. The molecule has 0 aromatic carbocycles. The fourth-order valence-electron chi connectivity index (χ4n) is 2.32. The summed E-state index contributed by atoms with van der Waals surface area (Å²) in [5.74, 6) is 0.583. The first kappa shape index (κ1) is 12.6. The van der Waals surface area contributed by atoms with E-state index in [1.807, 2.05) is 10.9 Å². The van der Waals surface area contributed by atoms with Crippen LogP contribution in [-0.4, -0.2) is 29.5 Å². The molecule has 96 valence electrons. The van der Waals surface area contributed by atoms with E-state index >= 15 is 0 Å². The lowest BCUT2D eigenvalue weighted by atomic mass is 9.97. The van der Waals surface area contributed by atoms with Crippen LogP contribution in [-0.2, 0) is 4.74 Å². The molecule has 1 aliphatic rings. The Kier molecular flexibility index (Phi) is 4.18. The summed E-state index contributed by atoms with van der Waals surface area (Å²) in [6, 6.07) is 0.414. The third-order valence-corrected chi connectivity index (χ3v) is 3.35. The number of nitrogens with zero attached hydrogens (tertiary/aromatic N) is 2. The summed E-state index contributed by atoms with van der Waals surface area (Å²) in [6.07, 6.45) is 5.44. The maximum atomic E-state index is 5.85. The number of rotatable bonds is 5. The van der Waals surface area contributed by atoms with Gasteiger partial charge in [-0.3, -0.25) is 4.68 Å². The second-order valence-electron chi connectivity index (χ2n) is 5.00. The van der Waals surface area contributed by atoms with E-state index in [2.05, 4.69) is 37.4 Å². The van der Waals surface area contributed by atoms with Crippen molar-refractivity contribution in [2.24, 2.45) is 5.92 Å². The summed E-state index contributed by atoms with van der Waals surface area (Å²) in [7, 11) is 0. The molecular formula is C13H23N3O. The predicted octanol–water partition coefficient (Wildman–Crippen LogP) is 2.15. The molecule has 2 unspecified atom stereocenters. The quantitative estimate of drug-likeness (QED) is 0.853. The van der Waals surface area contributed by atoms with E-state index in [0.717, 1.165) is 26.1 Å². The van der Waals surface area contributed by atoms with Crippen molar-refractivity contribution in [2.75, 3.05) is 19.7 Å². The van der Waals surface area contributed by atoms with E-state index in [-0.39, 0.29) is 6.10 Å². The normalized spacial score (nSPS) is 24.7. The fraction of sp³-hybridized carbons (Fsp3) is 0.769. The molecule has 1 aromatic rings. The van der Waals surface area contributed by atoms with Gasteiger partial charge in [0.05, 0.1) is 12.3 Å². The number of nitrogens with one attached hydrogen (secondary N) is 1. The monoisotopic (exact) mass is 237 g/mol. The van der Waals surface area contributed by atoms with Crippen molar-refractivity contribution in [3.63, 3.8) is 0 Å². The molecule has 17 heavy (non-hydrogen) atoms. The molecule has 0 bridgehead atoms. The van der Waals surface area contributed by atoms with Gasteiger partial charge in [-0.2, -0.15) is 5.10 Å². The number of hydrogen-bond acceptors (Lipinski definition) is 3. The third-order valence-electron chi connectivity index (χ3n) is 3.35. The highest BCUT2D eigenvalue weighted by Crippen LogP contribution is 2.34. The Morgan fingerprint density at radius 1 is 1.59 bits per heavy atom. The minimum atomic E-state index is 0.224. The Morgan fingerprint density at radius 2 is 2.41 bits per heavy atom. The highest BCUT2D eigenvalue weighted by atomic mass is 16.5. The van der Waals surface area contributed by atoms with E-state index in [1.165, 1.54) is 5.56 Å². The van der Waals surface area contributed by atoms with Crippen LogP contribution < -0.4 is 5.32 Å². The number of aromatic nitrogens is 2. The van der Waals surface area contributed by atoms with Crippen molar-refractivity contribution < 1.29 is 4.74 Å². The van der Waals surface area contributed by atoms with Crippen LogP contribution in [0.3, 0.4) is 0 Å². The molecule has 2 heterocycles. The highest BCUT2D eigenvalue weighted by molar-refractivity contribution is 5.11. The van der Waals surface area contributed by atoms with Crippen molar-refractivity contribution in [3.05, 3.63) is 18.0 Å². The molecule has 1 N–H and O–H groups in total. The summed E-state index contributed by atoms with van der Waals surface area (Å²) in [5, 5.41) is 7.80. The molecule has 2 atom stereocenters. The molecule has 2 rings (SSSR count). The van der Waals surface area contributed by atoms with E-state index in [9.17, 15) is 0 Å². The summed E-state index contributed by atoms with van der Waals surface area (Å²) in [6.45, 7) is 9.35. The van der Waals surface area contributed by atoms with Crippen LogP contribution in [0.1, 0.15) is 44.9 Å². The first-order valence-corrected chi connectivity index (χ1v) is 6.58. The zero-order chi connectivity index (χ0) is 12.3. The Labute approximate surface area is 103 Å².